The van der Waals surface area contributed by atoms with Crippen molar-refractivity contribution in [2.75, 3.05) is 0 Å². The minimum absolute atomic E-state index is 0.105. The van der Waals surface area contributed by atoms with Gasteiger partial charge in [-0.3, -0.25) is 9.59 Å². The van der Waals surface area contributed by atoms with Crippen molar-refractivity contribution >= 4 is 11.6 Å². The zero-order valence-corrected chi connectivity index (χ0v) is 12.7. The summed E-state index contributed by atoms with van der Waals surface area (Å²) in [5.41, 5.74) is 3.39. The zero-order chi connectivity index (χ0) is 16.1. The van der Waals surface area contributed by atoms with E-state index in [0.29, 0.717) is 12.0 Å². The molecule has 110 valence electrons. The number of rotatable bonds is 5. The Morgan fingerprint density at radius 2 is 1.59 bits per heavy atom. The molecule has 0 aromatic heterocycles. The molecule has 0 fully saturated rings. The van der Waals surface area contributed by atoms with E-state index in [9.17, 15) is 9.59 Å². The maximum Gasteiger partial charge on any atom is 0.140 e. The second-order valence-corrected chi connectivity index (χ2v) is 5.33. The molecule has 0 unspecified atom stereocenters. The Kier molecular flexibility index (Phi) is 4.85. The Morgan fingerprint density at radius 3 is 2.14 bits per heavy atom. The van der Waals surface area contributed by atoms with E-state index in [1.807, 2.05) is 42.5 Å². The summed E-state index contributed by atoms with van der Waals surface area (Å²) >= 11 is 0. The van der Waals surface area contributed by atoms with Crippen LogP contribution in [0, 0.1) is 17.2 Å². The summed E-state index contributed by atoms with van der Waals surface area (Å²) in [5.74, 6) is -0.782. The molecule has 2 rings (SSSR count). The molecule has 0 amide bonds. The van der Waals surface area contributed by atoms with Gasteiger partial charge >= 0.3 is 0 Å². The molecule has 0 atom stereocenters. The highest BCUT2D eigenvalue weighted by molar-refractivity contribution is 6.00. The van der Waals surface area contributed by atoms with Crippen LogP contribution < -0.4 is 0 Å². The van der Waals surface area contributed by atoms with Crippen LogP contribution in [0.2, 0.25) is 0 Å². The quantitative estimate of drug-likeness (QED) is 0.791. The van der Waals surface area contributed by atoms with Gasteiger partial charge in [0.25, 0.3) is 0 Å². The van der Waals surface area contributed by atoms with E-state index in [2.05, 4.69) is 6.07 Å². The predicted molar refractivity (Wildman–Crippen MR) is 85.1 cm³/mol. The second-order valence-electron chi connectivity index (χ2n) is 5.33. The highest BCUT2D eigenvalue weighted by Gasteiger charge is 2.19. The number of carbonyl (C=O) groups excluding carboxylic acids is 2. The Morgan fingerprint density at radius 1 is 1.00 bits per heavy atom. The van der Waals surface area contributed by atoms with Gasteiger partial charge < -0.3 is 0 Å². The Balaban J connectivity index is 2.26. The van der Waals surface area contributed by atoms with E-state index >= 15 is 0 Å². The van der Waals surface area contributed by atoms with Gasteiger partial charge in [-0.05, 0) is 43.0 Å². The summed E-state index contributed by atoms with van der Waals surface area (Å²) in [6, 6.07) is 17.2. The highest BCUT2D eigenvalue weighted by Crippen LogP contribution is 2.24. The number of hydrogen-bond donors (Lipinski definition) is 0. The molecule has 0 N–H and O–H groups in total. The number of benzene rings is 2. The predicted octanol–water partition coefficient (Wildman–Crippen LogP) is 3.56. The fourth-order valence-electron chi connectivity index (χ4n) is 2.46. The molecular formula is C19H17NO2. The van der Waals surface area contributed by atoms with Gasteiger partial charge in [0.05, 0.1) is 17.6 Å². The minimum atomic E-state index is -0.572. The molecule has 0 spiro atoms. The molecule has 0 heterocycles. The van der Waals surface area contributed by atoms with Gasteiger partial charge in [0.15, 0.2) is 0 Å². The van der Waals surface area contributed by atoms with Crippen LogP contribution in [0.15, 0.2) is 48.5 Å². The molecular weight excluding hydrogens is 274 g/mol. The Bertz CT molecular complexity index is 725. The van der Waals surface area contributed by atoms with E-state index in [-0.39, 0.29) is 11.6 Å². The molecule has 0 saturated carbocycles. The number of nitriles is 1. The first kappa shape index (κ1) is 15.7. The van der Waals surface area contributed by atoms with Crippen molar-refractivity contribution in [1.29, 1.82) is 5.26 Å². The SMILES string of the molecule is CC(=O)C(Cc1ccc(-c2ccccc2C#N)cc1)C(C)=O. The van der Waals surface area contributed by atoms with Crippen LogP contribution in [0.4, 0.5) is 0 Å². The van der Waals surface area contributed by atoms with Crippen LogP contribution in [-0.4, -0.2) is 11.6 Å². The highest BCUT2D eigenvalue weighted by atomic mass is 16.1. The maximum absolute atomic E-state index is 11.5. The van der Waals surface area contributed by atoms with E-state index < -0.39 is 5.92 Å². The van der Waals surface area contributed by atoms with Crippen molar-refractivity contribution in [3.05, 3.63) is 59.7 Å². The van der Waals surface area contributed by atoms with Crippen LogP contribution in [0.5, 0.6) is 0 Å². The third kappa shape index (κ3) is 3.48. The lowest BCUT2D eigenvalue weighted by Crippen LogP contribution is -2.21. The van der Waals surface area contributed by atoms with Crippen LogP contribution in [0.25, 0.3) is 11.1 Å². The van der Waals surface area contributed by atoms with Crippen molar-refractivity contribution in [2.24, 2.45) is 5.92 Å². The molecule has 0 aliphatic carbocycles. The van der Waals surface area contributed by atoms with Gasteiger partial charge in [-0.2, -0.15) is 5.26 Å². The van der Waals surface area contributed by atoms with Crippen LogP contribution in [0.3, 0.4) is 0 Å². The van der Waals surface area contributed by atoms with Gasteiger partial charge in [-0.1, -0.05) is 42.5 Å². The van der Waals surface area contributed by atoms with Gasteiger partial charge in [-0.15, -0.1) is 0 Å². The lowest BCUT2D eigenvalue weighted by atomic mass is 9.91. The van der Waals surface area contributed by atoms with Crippen LogP contribution in [0.1, 0.15) is 25.0 Å². The summed E-state index contributed by atoms with van der Waals surface area (Å²) in [6.45, 7) is 2.90. The van der Waals surface area contributed by atoms with Gasteiger partial charge in [-0.25, -0.2) is 0 Å². The van der Waals surface area contributed by atoms with Crippen LogP contribution in [-0.2, 0) is 16.0 Å². The van der Waals surface area contributed by atoms with Crippen molar-refractivity contribution in [2.45, 2.75) is 20.3 Å². The van der Waals surface area contributed by atoms with Crippen molar-refractivity contribution in [3.63, 3.8) is 0 Å². The van der Waals surface area contributed by atoms with E-state index in [4.69, 9.17) is 5.26 Å². The second kappa shape index (κ2) is 6.82. The van der Waals surface area contributed by atoms with Gasteiger partial charge in [0, 0.05) is 0 Å². The summed E-state index contributed by atoms with van der Waals surface area (Å²) in [7, 11) is 0. The molecule has 0 aliphatic rings. The first-order valence-corrected chi connectivity index (χ1v) is 7.12. The molecule has 2 aromatic rings. The number of Topliss-reactive ketones (excluding diaryl/α,β-unsaturated/α-hetero) is 2. The lowest BCUT2D eigenvalue weighted by Gasteiger charge is -2.11. The molecule has 3 nitrogen and oxygen atoms in total. The standard InChI is InChI=1S/C19H17NO2/c1-13(21)19(14(2)22)11-15-7-9-16(10-8-15)18-6-4-3-5-17(18)12-20/h3-10,19H,11H2,1-2H3. The molecule has 0 bridgehead atoms. The molecule has 0 saturated heterocycles. The fraction of sp³-hybridized carbons (Fsp3) is 0.211. The minimum Gasteiger partial charge on any atom is -0.299 e. The fourth-order valence-corrected chi connectivity index (χ4v) is 2.46. The summed E-state index contributed by atoms with van der Waals surface area (Å²) in [4.78, 5) is 23.0. The van der Waals surface area contributed by atoms with Crippen molar-refractivity contribution in [3.8, 4) is 17.2 Å². The number of carbonyl (C=O) groups is 2. The largest absolute Gasteiger partial charge is 0.299 e. The summed E-state index contributed by atoms with van der Waals surface area (Å²) in [6.07, 6.45) is 0.421. The number of ketones is 2. The normalized spacial score (nSPS) is 10.3. The van der Waals surface area contributed by atoms with Crippen LogP contribution >= 0.6 is 0 Å². The molecule has 22 heavy (non-hydrogen) atoms. The van der Waals surface area contributed by atoms with Crippen molar-refractivity contribution < 1.29 is 9.59 Å². The molecule has 0 aliphatic heterocycles. The average molecular weight is 291 g/mol. The van der Waals surface area contributed by atoms with Crippen molar-refractivity contribution in [1.82, 2.24) is 0 Å². The third-order valence-electron chi connectivity index (χ3n) is 3.73. The Labute approximate surface area is 130 Å². The third-order valence-corrected chi connectivity index (χ3v) is 3.73. The monoisotopic (exact) mass is 291 g/mol. The summed E-state index contributed by atoms with van der Waals surface area (Å²) in [5, 5.41) is 9.15. The lowest BCUT2D eigenvalue weighted by molar-refractivity contribution is -0.130. The van der Waals surface area contributed by atoms with E-state index in [1.165, 1.54) is 13.8 Å². The van der Waals surface area contributed by atoms with E-state index in [1.54, 1.807) is 6.07 Å². The average Bonchev–Trinajstić information content (AvgIpc) is 2.52. The number of hydrogen-bond acceptors (Lipinski definition) is 3. The van der Waals surface area contributed by atoms with Gasteiger partial charge in [0.2, 0.25) is 0 Å². The first-order valence-electron chi connectivity index (χ1n) is 7.12. The summed E-state index contributed by atoms with van der Waals surface area (Å²) < 4.78 is 0. The molecule has 2 aromatic carbocycles. The van der Waals surface area contributed by atoms with Gasteiger partial charge in [0.1, 0.15) is 11.6 Å². The number of nitrogens with zero attached hydrogens (tertiary/aromatic N) is 1. The smallest absolute Gasteiger partial charge is 0.140 e. The Hall–Kier alpha value is -2.73. The maximum atomic E-state index is 11.5. The zero-order valence-electron chi connectivity index (χ0n) is 12.7. The van der Waals surface area contributed by atoms with E-state index in [0.717, 1.165) is 16.7 Å². The molecule has 3 heteroatoms. The molecule has 0 radical (unpaired) electrons. The first-order chi connectivity index (χ1) is 10.5. The topological polar surface area (TPSA) is 57.9 Å².